The van der Waals surface area contributed by atoms with E-state index in [9.17, 15) is 5.11 Å². The lowest BCUT2D eigenvalue weighted by molar-refractivity contribution is -0.0572. The largest absolute Gasteiger partial charge is 0.385 e. The van der Waals surface area contributed by atoms with Crippen LogP contribution in [0.5, 0.6) is 0 Å². The van der Waals surface area contributed by atoms with Crippen LogP contribution < -0.4 is 0 Å². The van der Waals surface area contributed by atoms with E-state index in [0.717, 1.165) is 6.42 Å². The van der Waals surface area contributed by atoms with Crippen LogP contribution in [0.25, 0.3) is 0 Å². The smallest absolute Gasteiger partial charge is 0.0901 e. The van der Waals surface area contributed by atoms with Gasteiger partial charge in [0.1, 0.15) is 0 Å². The van der Waals surface area contributed by atoms with Crippen molar-refractivity contribution in [3.63, 3.8) is 0 Å². The summed E-state index contributed by atoms with van der Waals surface area (Å²) in [5, 5.41) is 10.8. The average molecular weight is 218 g/mol. The fourth-order valence-electron chi connectivity index (χ4n) is 5.23. The normalized spacial score (nSPS) is 56.7. The van der Waals surface area contributed by atoms with Crippen molar-refractivity contribution in [2.75, 3.05) is 0 Å². The van der Waals surface area contributed by atoms with Gasteiger partial charge < -0.3 is 5.11 Å². The van der Waals surface area contributed by atoms with E-state index in [-0.39, 0.29) is 10.8 Å². The van der Waals surface area contributed by atoms with Gasteiger partial charge in [-0.25, -0.2) is 0 Å². The van der Waals surface area contributed by atoms with Gasteiger partial charge in [-0.05, 0) is 36.5 Å². The number of hydrogen-bond acceptors (Lipinski definition) is 1. The molecule has 3 aliphatic carbocycles. The minimum absolute atomic E-state index is 0.0521. The lowest BCUT2D eigenvalue weighted by Gasteiger charge is -2.46. The molecule has 0 aliphatic heterocycles. The quantitative estimate of drug-likeness (QED) is 0.618. The van der Waals surface area contributed by atoms with Crippen molar-refractivity contribution in [3.8, 4) is 0 Å². The summed E-state index contributed by atoms with van der Waals surface area (Å²) >= 11 is 0. The maximum Gasteiger partial charge on any atom is 0.0901 e. The van der Waals surface area contributed by atoms with Gasteiger partial charge in [-0.3, -0.25) is 0 Å². The molecule has 0 aromatic carbocycles. The highest BCUT2D eigenvalue weighted by atomic mass is 16.3. The molecule has 1 nitrogen and oxygen atoms in total. The molecule has 3 aliphatic rings. The molecule has 1 fully saturated rings. The molecule has 1 N–H and O–H groups in total. The monoisotopic (exact) mass is 218 g/mol. The molecular formula is C15H22O. The van der Waals surface area contributed by atoms with Crippen LogP contribution in [0.1, 0.15) is 40.5 Å². The van der Waals surface area contributed by atoms with Crippen LogP contribution in [0.4, 0.5) is 0 Å². The van der Waals surface area contributed by atoms with Crippen LogP contribution in [-0.4, -0.2) is 10.7 Å². The fraction of sp³-hybridized carbons (Fsp3) is 0.733. The van der Waals surface area contributed by atoms with E-state index in [1.54, 1.807) is 0 Å². The Labute approximate surface area is 98.2 Å². The van der Waals surface area contributed by atoms with E-state index >= 15 is 0 Å². The Balaban J connectivity index is 2.24. The summed E-state index contributed by atoms with van der Waals surface area (Å²) in [5.74, 6) is 0.485. The van der Waals surface area contributed by atoms with Gasteiger partial charge in [-0.15, -0.1) is 0 Å². The van der Waals surface area contributed by atoms with Gasteiger partial charge in [0.15, 0.2) is 0 Å². The Bertz CT molecular complexity index is 402. The van der Waals surface area contributed by atoms with Gasteiger partial charge in [-0.2, -0.15) is 0 Å². The van der Waals surface area contributed by atoms with E-state index < -0.39 is 5.60 Å². The molecular weight excluding hydrogens is 196 g/mol. The Morgan fingerprint density at radius 3 is 2.50 bits per heavy atom. The summed E-state index contributed by atoms with van der Waals surface area (Å²) in [4.78, 5) is 0. The third-order valence-electron chi connectivity index (χ3n) is 5.58. The first-order valence-electron chi connectivity index (χ1n) is 6.35. The van der Waals surface area contributed by atoms with Crippen molar-refractivity contribution < 1.29 is 5.11 Å². The number of rotatable bonds is 0. The highest BCUT2D eigenvalue weighted by Crippen LogP contribution is 2.74. The molecule has 0 heterocycles. The minimum Gasteiger partial charge on any atom is -0.385 e. The van der Waals surface area contributed by atoms with Crippen molar-refractivity contribution in [1.29, 1.82) is 0 Å². The first-order chi connectivity index (χ1) is 7.25. The second-order valence-electron chi connectivity index (χ2n) is 7.19. The van der Waals surface area contributed by atoms with Crippen LogP contribution in [0.2, 0.25) is 0 Å². The van der Waals surface area contributed by atoms with Gasteiger partial charge in [0, 0.05) is 5.41 Å². The van der Waals surface area contributed by atoms with Crippen LogP contribution in [0.15, 0.2) is 24.3 Å². The summed E-state index contributed by atoms with van der Waals surface area (Å²) in [7, 11) is 0. The van der Waals surface area contributed by atoms with Crippen molar-refractivity contribution in [1.82, 2.24) is 0 Å². The van der Waals surface area contributed by atoms with Gasteiger partial charge in [-0.1, -0.05) is 45.1 Å². The van der Waals surface area contributed by atoms with E-state index in [1.165, 1.54) is 6.42 Å². The highest BCUT2D eigenvalue weighted by molar-refractivity contribution is 5.40. The molecule has 2 unspecified atom stereocenters. The second kappa shape index (κ2) is 2.48. The second-order valence-corrected chi connectivity index (χ2v) is 7.19. The summed E-state index contributed by atoms with van der Waals surface area (Å²) in [6, 6.07) is 0. The first-order valence-corrected chi connectivity index (χ1v) is 6.35. The van der Waals surface area contributed by atoms with Crippen molar-refractivity contribution in [2.24, 2.45) is 22.2 Å². The average Bonchev–Trinajstić information content (AvgIpc) is 2.59. The zero-order valence-corrected chi connectivity index (χ0v) is 10.7. The molecule has 0 saturated heterocycles. The summed E-state index contributed by atoms with van der Waals surface area (Å²) in [5.41, 5.74) is -0.193. The van der Waals surface area contributed by atoms with Crippen LogP contribution in [-0.2, 0) is 0 Å². The minimum atomic E-state index is -0.673. The molecule has 0 radical (unpaired) electrons. The Hall–Kier alpha value is -0.560. The topological polar surface area (TPSA) is 20.2 Å². The highest BCUT2D eigenvalue weighted by Gasteiger charge is 2.71. The molecule has 1 saturated carbocycles. The van der Waals surface area contributed by atoms with Crippen LogP contribution in [0, 0.1) is 22.2 Å². The van der Waals surface area contributed by atoms with Crippen molar-refractivity contribution >= 4 is 0 Å². The molecule has 88 valence electrons. The maximum atomic E-state index is 10.8. The summed E-state index contributed by atoms with van der Waals surface area (Å²) in [6.45, 7) is 9.04. The molecule has 16 heavy (non-hydrogen) atoms. The Kier molecular flexibility index (Phi) is 1.64. The van der Waals surface area contributed by atoms with Crippen molar-refractivity contribution in [2.45, 2.75) is 46.1 Å². The molecule has 1 heteroatoms. The molecule has 3 rings (SSSR count). The van der Waals surface area contributed by atoms with Crippen LogP contribution in [0.3, 0.4) is 0 Å². The van der Waals surface area contributed by atoms with Crippen LogP contribution >= 0.6 is 0 Å². The lowest BCUT2D eigenvalue weighted by Crippen LogP contribution is -2.49. The molecule has 0 bridgehead atoms. The standard InChI is InChI=1S/C15H22O/c1-12(2)10-13(3)7-5-8-15(13)11(12)6-9-14(15,4)16/h5-6,8-9,11,16H,7,10H2,1-4H3/t11?,13-,14-,15?/m1/s1. The predicted octanol–water partition coefficient (Wildman–Crippen LogP) is 3.31. The SMILES string of the molecule is CC1(C)C[C@@]2(C)CC=CC23C1C=C[C@@]3(C)O. The number of aliphatic hydroxyl groups is 1. The van der Waals surface area contributed by atoms with Crippen molar-refractivity contribution in [3.05, 3.63) is 24.3 Å². The first kappa shape index (κ1) is 10.6. The van der Waals surface area contributed by atoms with E-state index in [1.807, 2.05) is 13.0 Å². The van der Waals surface area contributed by atoms with Gasteiger partial charge in [0.05, 0.1) is 5.60 Å². The lowest BCUT2D eigenvalue weighted by atomic mass is 9.59. The number of allylic oxidation sites excluding steroid dienone is 2. The van der Waals surface area contributed by atoms with Gasteiger partial charge >= 0.3 is 0 Å². The molecule has 1 spiro atoms. The summed E-state index contributed by atoms with van der Waals surface area (Å²) in [6.07, 6.45) is 11.2. The zero-order valence-electron chi connectivity index (χ0n) is 10.7. The third kappa shape index (κ3) is 0.851. The van der Waals surface area contributed by atoms with E-state index in [4.69, 9.17) is 0 Å². The summed E-state index contributed by atoms with van der Waals surface area (Å²) < 4.78 is 0. The third-order valence-corrected chi connectivity index (χ3v) is 5.58. The van der Waals surface area contributed by atoms with Gasteiger partial charge in [0.25, 0.3) is 0 Å². The van der Waals surface area contributed by atoms with E-state index in [2.05, 4.69) is 39.0 Å². The van der Waals surface area contributed by atoms with E-state index in [0.29, 0.717) is 11.3 Å². The molecule has 4 atom stereocenters. The van der Waals surface area contributed by atoms with Gasteiger partial charge in [0.2, 0.25) is 0 Å². The maximum absolute atomic E-state index is 10.8. The number of hydrogen-bond donors (Lipinski definition) is 1. The Morgan fingerprint density at radius 2 is 1.81 bits per heavy atom. The fourth-order valence-corrected chi connectivity index (χ4v) is 5.23. The molecule has 0 aromatic heterocycles. The molecule has 0 amide bonds. The predicted molar refractivity (Wildman–Crippen MR) is 65.9 cm³/mol. The molecule has 0 aromatic rings. The zero-order chi connectivity index (χ0) is 11.8. The Morgan fingerprint density at radius 1 is 1.12 bits per heavy atom.